The molecule has 0 spiro atoms. The van der Waals surface area contributed by atoms with Gasteiger partial charge in [-0.05, 0) is 75.6 Å². The summed E-state index contributed by atoms with van der Waals surface area (Å²) in [5, 5.41) is 16.0. The van der Waals surface area contributed by atoms with Crippen molar-refractivity contribution < 1.29 is 19.4 Å². The molecule has 4 aromatic rings. The molecule has 4 rings (SSSR count). The van der Waals surface area contributed by atoms with Crippen LogP contribution in [0.1, 0.15) is 28.4 Å². The van der Waals surface area contributed by atoms with Gasteiger partial charge in [0.05, 0.1) is 18.4 Å². The summed E-state index contributed by atoms with van der Waals surface area (Å²) in [5.41, 5.74) is 4.33. The number of phenolic OH excluding ortho intramolecular Hbond substituents is 1. The largest absolute Gasteiger partial charge is 0.507 e. The summed E-state index contributed by atoms with van der Waals surface area (Å²) in [6.45, 7) is 2.74. The van der Waals surface area contributed by atoms with Crippen molar-refractivity contribution in [3.63, 3.8) is 0 Å². The van der Waals surface area contributed by atoms with E-state index in [9.17, 15) is 9.90 Å². The summed E-state index contributed by atoms with van der Waals surface area (Å²) in [6, 6.07) is 22.2. The topological polar surface area (TPSA) is 80.2 Å². The smallest absolute Gasteiger partial charge is 0.275 e. The Kier molecular flexibility index (Phi) is 8.05. The summed E-state index contributed by atoms with van der Waals surface area (Å²) < 4.78 is 13.5. The van der Waals surface area contributed by atoms with Crippen LogP contribution in [0.2, 0.25) is 0 Å². The van der Waals surface area contributed by atoms with E-state index in [1.165, 1.54) is 6.21 Å². The summed E-state index contributed by atoms with van der Waals surface area (Å²) >= 11 is 6.96. The predicted octanol–water partition coefficient (Wildman–Crippen LogP) is 6.81. The highest BCUT2D eigenvalue weighted by Gasteiger charge is 2.13. The number of amides is 1. The average molecular weight is 598 g/mol. The van der Waals surface area contributed by atoms with Crippen molar-refractivity contribution in [1.82, 2.24) is 5.43 Å². The van der Waals surface area contributed by atoms with Gasteiger partial charge in [0.1, 0.15) is 12.4 Å². The standard InChI is InChI=1S/C27H22Br2N2O4/c1-2-34-25-13-20(23(29)14-26(25)35-16-17-7-9-21(28)10-8-17)15-30-31-27(33)22-11-18-5-3-4-6-19(18)12-24(22)32/h3-15,32H,2,16H2,1H3,(H,31,33). The van der Waals surface area contributed by atoms with Gasteiger partial charge >= 0.3 is 0 Å². The molecule has 0 saturated heterocycles. The van der Waals surface area contributed by atoms with Crippen LogP contribution in [-0.2, 0) is 6.61 Å². The number of benzene rings is 4. The minimum Gasteiger partial charge on any atom is -0.507 e. The van der Waals surface area contributed by atoms with Crippen LogP contribution in [-0.4, -0.2) is 23.8 Å². The molecule has 0 atom stereocenters. The van der Waals surface area contributed by atoms with Crippen molar-refractivity contribution in [2.45, 2.75) is 13.5 Å². The molecule has 8 heteroatoms. The Morgan fingerprint density at radius 1 is 0.971 bits per heavy atom. The second-order valence-electron chi connectivity index (χ2n) is 7.58. The lowest BCUT2D eigenvalue weighted by Crippen LogP contribution is -2.17. The molecular formula is C27H22Br2N2O4. The molecule has 0 saturated carbocycles. The molecule has 0 aromatic heterocycles. The van der Waals surface area contributed by atoms with E-state index < -0.39 is 5.91 Å². The average Bonchev–Trinajstić information content (AvgIpc) is 2.85. The molecule has 0 aliphatic carbocycles. The van der Waals surface area contributed by atoms with E-state index in [1.807, 2.05) is 61.5 Å². The third-order valence-corrected chi connectivity index (χ3v) is 6.36. The van der Waals surface area contributed by atoms with Crippen molar-refractivity contribution >= 4 is 54.8 Å². The third-order valence-electron chi connectivity index (χ3n) is 5.15. The third kappa shape index (κ3) is 6.21. The fraction of sp³-hybridized carbons (Fsp3) is 0.111. The van der Waals surface area contributed by atoms with Crippen LogP contribution in [0.3, 0.4) is 0 Å². The molecule has 0 aliphatic heterocycles. The Morgan fingerprint density at radius 3 is 2.37 bits per heavy atom. The fourth-order valence-corrected chi connectivity index (χ4v) is 4.09. The summed E-state index contributed by atoms with van der Waals surface area (Å²) in [7, 11) is 0. The normalized spacial score (nSPS) is 11.1. The van der Waals surface area contributed by atoms with Crippen molar-refractivity contribution in [3.8, 4) is 17.2 Å². The zero-order valence-electron chi connectivity index (χ0n) is 18.8. The Hall–Kier alpha value is -3.36. The molecule has 0 fully saturated rings. The lowest BCUT2D eigenvalue weighted by atomic mass is 10.1. The molecule has 0 aliphatic rings. The second-order valence-corrected chi connectivity index (χ2v) is 9.35. The van der Waals surface area contributed by atoms with E-state index in [2.05, 4.69) is 42.4 Å². The van der Waals surface area contributed by atoms with Gasteiger partial charge in [-0.3, -0.25) is 4.79 Å². The van der Waals surface area contributed by atoms with Crippen LogP contribution in [0.4, 0.5) is 0 Å². The number of aromatic hydroxyl groups is 1. The van der Waals surface area contributed by atoms with E-state index in [1.54, 1.807) is 18.2 Å². The minimum absolute atomic E-state index is 0.108. The van der Waals surface area contributed by atoms with Gasteiger partial charge in [0, 0.05) is 14.5 Å². The number of carbonyl (C=O) groups excluding carboxylic acids is 1. The van der Waals surface area contributed by atoms with Crippen molar-refractivity contribution in [2.75, 3.05) is 6.61 Å². The summed E-state index contributed by atoms with van der Waals surface area (Å²) in [5.74, 6) is 0.528. The van der Waals surface area contributed by atoms with Crippen LogP contribution >= 0.6 is 31.9 Å². The number of ether oxygens (including phenoxy) is 2. The maximum Gasteiger partial charge on any atom is 0.275 e. The zero-order chi connectivity index (χ0) is 24.8. The first kappa shape index (κ1) is 24.8. The first-order chi connectivity index (χ1) is 16.9. The van der Waals surface area contributed by atoms with E-state index in [4.69, 9.17) is 9.47 Å². The lowest BCUT2D eigenvalue weighted by molar-refractivity contribution is 0.0952. The molecular weight excluding hydrogens is 576 g/mol. The van der Waals surface area contributed by atoms with Crippen LogP contribution < -0.4 is 14.9 Å². The van der Waals surface area contributed by atoms with Crippen LogP contribution in [0.25, 0.3) is 10.8 Å². The number of hydrogen-bond donors (Lipinski definition) is 2. The maximum absolute atomic E-state index is 12.6. The van der Waals surface area contributed by atoms with Crippen LogP contribution in [0.5, 0.6) is 17.2 Å². The van der Waals surface area contributed by atoms with Gasteiger partial charge in [-0.25, -0.2) is 5.43 Å². The number of hydrazone groups is 1. The van der Waals surface area contributed by atoms with Crippen LogP contribution in [0, 0.1) is 0 Å². The van der Waals surface area contributed by atoms with Crippen molar-refractivity contribution in [2.24, 2.45) is 5.10 Å². The molecule has 0 unspecified atom stereocenters. The molecule has 1 amide bonds. The van der Waals surface area contributed by atoms with E-state index in [0.29, 0.717) is 30.3 Å². The van der Waals surface area contributed by atoms with Gasteiger partial charge < -0.3 is 14.6 Å². The molecule has 4 aromatic carbocycles. The Bertz CT molecular complexity index is 1390. The van der Waals surface area contributed by atoms with Gasteiger partial charge in [-0.2, -0.15) is 5.10 Å². The molecule has 6 nitrogen and oxygen atoms in total. The van der Waals surface area contributed by atoms with Crippen LogP contribution in [0.15, 0.2) is 86.8 Å². The number of halogens is 2. The Labute approximate surface area is 219 Å². The molecule has 35 heavy (non-hydrogen) atoms. The molecule has 0 bridgehead atoms. The monoisotopic (exact) mass is 596 g/mol. The van der Waals surface area contributed by atoms with Gasteiger partial charge in [-0.15, -0.1) is 0 Å². The quantitative estimate of drug-likeness (QED) is 0.173. The lowest BCUT2D eigenvalue weighted by Gasteiger charge is -2.14. The summed E-state index contributed by atoms with van der Waals surface area (Å²) in [6.07, 6.45) is 1.50. The van der Waals surface area contributed by atoms with Gasteiger partial charge in [0.15, 0.2) is 11.5 Å². The number of phenols is 1. The number of nitrogens with zero attached hydrogens (tertiary/aromatic N) is 1. The number of rotatable bonds is 8. The first-order valence-corrected chi connectivity index (χ1v) is 12.4. The predicted molar refractivity (Wildman–Crippen MR) is 144 cm³/mol. The van der Waals surface area contributed by atoms with Crippen molar-refractivity contribution in [1.29, 1.82) is 0 Å². The van der Waals surface area contributed by atoms with E-state index >= 15 is 0 Å². The molecule has 178 valence electrons. The van der Waals surface area contributed by atoms with E-state index in [-0.39, 0.29) is 11.3 Å². The minimum atomic E-state index is -0.514. The summed E-state index contributed by atoms with van der Waals surface area (Å²) in [4.78, 5) is 12.6. The number of nitrogens with one attached hydrogen (secondary N) is 1. The number of carbonyl (C=O) groups is 1. The van der Waals surface area contributed by atoms with E-state index in [0.717, 1.165) is 25.3 Å². The maximum atomic E-state index is 12.6. The second kappa shape index (κ2) is 11.4. The van der Waals surface area contributed by atoms with Gasteiger partial charge in [0.2, 0.25) is 0 Å². The molecule has 0 radical (unpaired) electrons. The Balaban J connectivity index is 1.48. The molecule has 0 heterocycles. The number of fused-ring (bicyclic) bond motifs is 1. The SMILES string of the molecule is CCOc1cc(C=NNC(=O)c2cc3ccccc3cc2O)c(Br)cc1OCc1ccc(Br)cc1. The Morgan fingerprint density at radius 2 is 1.66 bits per heavy atom. The first-order valence-electron chi connectivity index (χ1n) is 10.8. The molecule has 2 N–H and O–H groups in total. The number of hydrogen-bond acceptors (Lipinski definition) is 5. The van der Waals surface area contributed by atoms with Gasteiger partial charge in [-0.1, -0.05) is 52.3 Å². The van der Waals surface area contributed by atoms with Gasteiger partial charge in [0.25, 0.3) is 5.91 Å². The fourth-order valence-electron chi connectivity index (χ4n) is 3.40. The highest BCUT2D eigenvalue weighted by molar-refractivity contribution is 9.10. The zero-order valence-corrected chi connectivity index (χ0v) is 22.0. The van der Waals surface area contributed by atoms with Crippen molar-refractivity contribution in [3.05, 3.63) is 98.4 Å². The highest BCUT2D eigenvalue weighted by atomic mass is 79.9. The highest BCUT2D eigenvalue weighted by Crippen LogP contribution is 2.34.